The van der Waals surface area contributed by atoms with E-state index in [4.69, 9.17) is 9.47 Å². The molecule has 1 rings (SSSR count). The molecule has 0 aromatic heterocycles. The minimum atomic E-state index is -0.459. The van der Waals surface area contributed by atoms with Crippen LogP contribution in [0.4, 0.5) is 4.79 Å². The van der Waals surface area contributed by atoms with Gasteiger partial charge in [-0.2, -0.15) is 0 Å². The van der Waals surface area contributed by atoms with Crippen LogP contribution in [0, 0.1) is 0 Å². The normalized spacial score (nSPS) is 15.8. The van der Waals surface area contributed by atoms with E-state index >= 15 is 0 Å². The molecule has 6 nitrogen and oxygen atoms in total. The molecule has 0 fully saturated rings. The molecule has 1 amide bonds. The van der Waals surface area contributed by atoms with Crippen molar-refractivity contribution in [1.82, 2.24) is 10.2 Å². The monoisotopic (exact) mass is 285 g/mol. The second kappa shape index (κ2) is 8.09. The van der Waals surface area contributed by atoms with Crippen LogP contribution in [-0.4, -0.2) is 62.3 Å². The molecule has 0 bridgehead atoms. The molecule has 1 aliphatic rings. The topological polar surface area (TPSA) is 63.2 Å². The summed E-state index contributed by atoms with van der Waals surface area (Å²) in [5.41, 5.74) is -0.459. The van der Waals surface area contributed by atoms with Gasteiger partial charge in [0.2, 0.25) is 0 Å². The zero-order valence-electron chi connectivity index (χ0n) is 13.1. The van der Waals surface area contributed by atoms with Crippen molar-refractivity contribution < 1.29 is 14.3 Å². The Bertz CT molecular complexity index is 337. The van der Waals surface area contributed by atoms with Crippen molar-refractivity contribution in [3.63, 3.8) is 0 Å². The van der Waals surface area contributed by atoms with Gasteiger partial charge < -0.3 is 14.8 Å². The standard InChI is InChI=1S/C14H27N3O3/c1-14(2,3)20-13(18)17-9-8-16-12(11-17)15-7-5-6-10-19-4/h5-11H2,1-4H3,(H,15,16). The van der Waals surface area contributed by atoms with Gasteiger partial charge in [-0.1, -0.05) is 0 Å². The molecular weight excluding hydrogens is 258 g/mol. The molecule has 1 N–H and O–H groups in total. The summed E-state index contributed by atoms with van der Waals surface area (Å²) in [6.45, 7) is 8.98. The summed E-state index contributed by atoms with van der Waals surface area (Å²) >= 11 is 0. The Morgan fingerprint density at radius 1 is 1.40 bits per heavy atom. The lowest BCUT2D eigenvalue weighted by atomic mass is 10.2. The molecule has 0 atom stereocenters. The maximum absolute atomic E-state index is 12.0. The van der Waals surface area contributed by atoms with Gasteiger partial charge in [0.25, 0.3) is 0 Å². The zero-order chi connectivity index (χ0) is 15.0. The van der Waals surface area contributed by atoms with Gasteiger partial charge in [-0.05, 0) is 33.6 Å². The minimum absolute atomic E-state index is 0.272. The first-order valence-electron chi connectivity index (χ1n) is 7.16. The SMILES string of the molecule is COCCCCNC1=NCCN(C(=O)OC(C)(C)C)C1. The van der Waals surface area contributed by atoms with E-state index in [1.165, 1.54) is 0 Å². The summed E-state index contributed by atoms with van der Waals surface area (Å²) in [7, 11) is 1.71. The number of nitrogens with zero attached hydrogens (tertiary/aromatic N) is 2. The van der Waals surface area contributed by atoms with Crippen LogP contribution in [0.5, 0.6) is 0 Å². The summed E-state index contributed by atoms with van der Waals surface area (Å²) in [4.78, 5) is 18.1. The lowest BCUT2D eigenvalue weighted by Gasteiger charge is -2.29. The van der Waals surface area contributed by atoms with Crippen molar-refractivity contribution in [3.8, 4) is 0 Å². The third-order valence-electron chi connectivity index (χ3n) is 2.77. The first-order chi connectivity index (χ1) is 9.42. The molecule has 0 unspecified atom stereocenters. The van der Waals surface area contributed by atoms with Gasteiger partial charge in [-0.15, -0.1) is 0 Å². The molecule has 0 aromatic rings. The summed E-state index contributed by atoms with van der Waals surface area (Å²) in [5, 5.41) is 3.27. The molecular formula is C14H27N3O3. The van der Waals surface area contributed by atoms with Crippen LogP contribution in [-0.2, 0) is 9.47 Å². The number of hydrogen-bond donors (Lipinski definition) is 1. The number of rotatable bonds is 5. The second-order valence-corrected chi connectivity index (χ2v) is 5.86. The predicted octanol–water partition coefficient (Wildman–Crippen LogP) is 1.65. The fourth-order valence-electron chi connectivity index (χ4n) is 1.81. The fourth-order valence-corrected chi connectivity index (χ4v) is 1.81. The van der Waals surface area contributed by atoms with Crippen LogP contribution in [0.15, 0.2) is 4.99 Å². The van der Waals surface area contributed by atoms with Crippen LogP contribution in [0.1, 0.15) is 33.6 Å². The number of amides is 1. The number of unbranched alkanes of at least 4 members (excludes halogenated alkanes) is 1. The van der Waals surface area contributed by atoms with E-state index in [-0.39, 0.29) is 6.09 Å². The first kappa shape index (κ1) is 16.8. The van der Waals surface area contributed by atoms with Crippen LogP contribution in [0.2, 0.25) is 0 Å². The number of carbonyl (C=O) groups is 1. The number of ether oxygens (including phenoxy) is 2. The van der Waals surface area contributed by atoms with E-state index in [1.54, 1.807) is 12.0 Å². The van der Waals surface area contributed by atoms with Gasteiger partial charge in [0.05, 0.1) is 13.1 Å². The number of aliphatic imine (C=N–C) groups is 1. The minimum Gasteiger partial charge on any atom is -0.444 e. The highest BCUT2D eigenvalue weighted by Gasteiger charge is 2.24. The van der Waals surface area contributed by atoms with E-state index in [0.717, 1.165) is 31.8 Å². The van der Waals surface area contributed by atoms with Gasteiger partial charge in [-0.3, -0.25) is 9.89 Å². The summed E-state index contributed by atoms with van der Waals surface area (Å²) in [5.74, 6) is 0.861. The number of amidine groups is 1. The number of methoxy groups -OCH3 is 1. The maximum Gasteiger partial charge on any atom is 0.410 e. The lowest BCUT2D eigenvalue weighted by Crippen LogP contribution is -2.47. The zero-order valence-corrected chi connectivity index (χ0v) is 13.1. The molecule has 1 heterocycles. The van der Waals surface area contributed by atoms with E-state index in [0.29, 0.717) is 19.6 Å². The third-order valence-corrected chi connectivity index (χ3v) is 2.77. The molecule has 116 valence electrons. The van der Waals surface area contributed by atoms with E-state index in [2.05, 4.69) is 10.3 Å². The van der Waals surface area contributed by atoms with Crippen molar-refractivity contribution in [2.24, 2.45) is 4.99 Å². The Morgan fingerprint density at radius 3 is 2.80 bits per heavy atom. The highest BCUT2D eigenvalue weighted by molar-refractivity contribution is 5.87. The molecule has 1 aliphatic heterocycles. The summed E-state index contributed by atoms with van der Waals surface area (Å²) in [6.07, 6.45) is 1.78. The Balaban J connectivity index is 2.31. The van der Waals surface area contributed by atoms with Crippen molar-refractivity contribution in [2.45, 2.75) is 39.2 Å². The molecule has 6 heteroatoms. The van der Waals surface area contributed by atoms with Crippen molar-refractivity contribution in [2.75, 3.05) is 39.9 Å². The molecule has 0 spiro atoms. The largest absolute Gasteiger partial charge is 0.444 e. The van der Waals surface area contributed by atoms with Gasteiger partial charge in [0, 0.05) is 26.8 Å². The van der Waals surface area contributed by atoms with Crippen LogP contribution < -0.4 is 5.32 Å². The lowest BCUT2D eigenvalue weighted by molar-refractivity contribution is 0.0276. The van der Waals surface area contributed by atoms with Gasteiger partial charge in [-0.25, -0.2) is 4.79 Å². The fraction of sp³-hybridized carbons (Fsp3) is 0.857. The van der Waals surface area contributed by atoms with Crippen LogP contribution in [0.25, 0.3) is 0 Å². The Labute approximate surface area is 121 Å². The quantitative estimate of drug-likeness (QED) is 0.780. The van der Waals surface area contributed by atoms with E-state index in [9.17, 15) is 4.79 Å². The average Bonchev–Trinajstić information content (AvgIpc) is 2.37. The van der Waals surface area contributed by atoms with Gasteiger partial charge in [0.15, 0.2) is 0 Å². The number of nitrogens with one attached hydrogen (secondary N) is 1. The third kappa shape index (κ3) is 6.75. The van der Waals surface area contributed by atoms with Crippen molar-refractivity contribution in [1.29, 1.82) is 0 Å². The average molecular weight is 285 g/mol. The highest BCUT2D eigenvalue weighted by Crippen LogP contribution is 2.10. The number of hydrogen-bond acceptors (Lipinski definition) is 5. The highest BCUT2D eigenvalue weighted by atomic mass is 16.6. The number of carbonyl (C=O) groups excluding carboxylic acids is 1. The first-order valence-corrected chi connectivity index (χ1v) is 7.16. The molecule has 0 saturated heterocycles. The summed E-state index contributed by atoms with van der Waals surface area (Å²) < 4.78 is 10.4. The van der Waals surface area contributed by atoms with Crippen LogP contribution in [0.3, 0.4) is 0 Å². The van der Waals surface area contributed by atoms with Crippen LogP contribution >= 0.6 is 0 Å². The predicted molar refractivity (Wildman–Crippen MR) is 79.2 cm³/mol. The smallest absolute Gasteiger partial charge is 0.410 e. The van der Waals surface area contributed by atoms with Gasteiger partial charge >= 0.3 is 6.09 Å². The molecule has 0 radical (unpaired) electrons. The second-order valence-electron chi connectivity index (χ2n) is 5.86. The van der Waals surface area contributed by atoms with Crippen molar-refractivity contribution in [3.05, 3.63) is 0 Å². The Hall–Kier alpha value is -1.30. The molecule has 20 heavy (non-hydrogen) atoms. The molecule has 0 aromatic carbocycles. The van der Waals surface area contributed by atoms with Gasteiger partial charge in [0.1, 0.15) is 11.4 Å². The van der Waals surface area contributed by atoms with Crippen molar-refractivity contribution >= 4 is 11.9 Å². The Morgan fingerprint density at radius 2 is 2.15 bits per heavy atom. The molecule has 0 aliphatic carbocycles. The maximum atomic E-state index is 12.0. The van der Waals surface area contributed by atoms with E-state index < -0.39 is 5.60 Å². The van der Waals surface area contributed by atoms with E-state index in [1.807, 2.05) is 20.8 Å². The summed E-state index contributed by atoms with van der Waals surface area (Å²) in [6, 6.07) is 0. The molecule has 0 saturated carbocycles. The Kier molecular flexibility index (Phi) is 6.78.